The summed E-state index contributed by atoms with van der Waals surface area (Å²) in [4.78, 5) is 11.3. The highest BCUT2D eigenvalue weighted by Gasteiger charge is 2.11. The lowest BCUT2D eigenvalue weighted by molar-refractivity contribution is -0.123. The number of aryl methyl sites for hydroxylation is 1. The molecular weight excluding hydrogens is 210 g/mol. The first-order chi connectivity index (χ1) is 7.74. The molecule has 7 nitrogen and oxygen atoms in total. The maximum atomic E-state index is 11.3. The molecule has 0 saturated carbocycles. The van der Waals surface area contributed by atoms with E-state index in [0.717, 1.165) is 13.0 Å². The summed E-state index contributed by atoms with van der Waals surface area (Å²) >= 11 is 0. The molecular formula is C9H17N5O2. The molecule has 0 aliphatic heterocycles. The number of nitrogens with one attached hydrogen (secondary N) is 1. The molecule has 0 radical (unpaired) electrons. The molecule has 1 atom stereocenters. The summed E-state index contributed by atoms with van der Waals surface area (Å²) in [6, 6.07) is -0.601. The Balaban J connectivity index is 2.08. The second-order valence-corrected chi connectivity index (χ2v) is 3.37. The minimum atomic E-state index is -0.601. The average molecular weight is 227 g/mol. The first-order valence-electron chi connectivity index (χ1n) is 5.10. The second kappa shape index (κ2) is 6.91. The molecule has 1 amide bonds. The van der Waals surface area contributed by atoms with Gasteiger partial charge in [-0.1, -0.05) is 5.21 Å². The number of carbonyl (C=O) groups is 1. The van der Waals surface area contributed by atoms with Crippen molar-refractivity contribution in [3.8, 4) is 0 Å². The number of amides is 1. The van der Waals surface area contributed by atoms with Crippen LogP contribution in [0.2, 0.25) is 0 Å². The highest BCUT2D eigenvalue weighted by molar-refractivity contribution is 5.81. The van der Waals surface area contributed by atoms with Crippen LogP contribution in [0, 0.1) is 0 Å². The predicted octanol–water partition coefficient (Wildman–Crippen LogP) is -1.24. The van der Waals surface area contributed by atoms with Crippen LogP contribution in [-0.4, -0.2) is 47.2 Å². The van der Waals surface area contributed by atoms with E-state index in [1.165, 1.54) is 7.11 Å². The van der Waals surface area contributed by atoms with Gasteiger partial charge in [0.05, 0.1) is 12.8 Å². The fraction of sp³-hybridized carbons (Fsp3) is 0.667. The summed E-state index contributed by atoms with van der Waals surface area (Å²) in [5.41, 5.74) is 5.54. The number of aromatic nitrogens is 3. The van der Waals surface area contributed by atoms with Crippen molar-refractivity contribution in [2.75, 3.05) is 20.3 Å². The molecule has 3 N–H and O–H groups in total. The van der Waals surface area contributed by atoms with Gasteiger partial charge in [-0.25, -0.2) is 0 Å². The molecule has 0 spiro atoms. The van der Waals surface area contributed by atoms with Crippen LogP contribution in [-0.2, 0) is 16.1 Å². The van der Waals surface area contributed by atoms with Crippen LogP contribution in [0.4, 0.5) is 0 Å². The van der Waals surface area contributed by atoms with Gasteiger partial charge in [0.1, 0.15) is 6.04 Å². The molecule has 0 aromatic carbocycles. The van der Waals surface area contributed by atoms with Gasteiger partial charge in [-0.05, 0) is 6.42 Å². The predicted molar refractivity (Wildman–Crippen MR) is 57.5 cm³/mol. The summed E-state index contributed by atoms with van der Waals surface area (Å²) in [5.74, 6) is -0.194. The van der Waals surface area contributed by atoms with Crippen LogP contribution in [0.25, 0.3) is 0 Å². The quantitative estimate of drug-likeness (QED) is 0.568. The first kappa shape index (κ1) is 12.6. The lowest BCUT2D eigenvalue weighted by atomic mass is 10.3. The van der Waals surface area contributed by atoms with Crippen molar-refractivity contribution >= 4 is 5.91 Å². The van der Waals surface area contributed by atoms with Crippen LogP contribution in [0.15, 0.2) is 12.4 Å². The third-order valence-corrected chi connectivity index (χ3v) is 2.02. The summed E-state index contributed by atoms with van der Waals surface area (Å²) in [5, 5.41) is 10.2. The average Bonchev–Trinajstić information content (AvgIpc) is 2.77. The van der Waals surface area contributed by atoms with Gasteiger partial charge >= 0.3 is 0 Å². The van der Waals surface area contributed by atoms with Gasteiger partial charge in [0.2, 0.25) is 5.91 Å². The first-order valence-corrected chi connectivity index (χ1v) is 5.10. The molecule has 90 valence electrons. The summed E-state index contributed by atoms with van der Waals surface area (Å²) in [6.07, 6.45) is 4.18. The molecule has 0 bridgehead atoms. The van der Waals surface area contributed by atoms with E-state index in [1.54, 1.807) is 17.1 Å². The Hall–Kier alpha value is -1.47. The minimum absolute atomic E-state index is 0.194. The van der Waals surface area contributed by atoms with Crippen molar-refractivity contribution in [3.63, 3.8) is 0 Å². The highest BCUT2D eigenvalue weighted by atomic mass is 16.5. The van der Waals surface area contributed by atoms with E-state index in [-0.39, 0.29) is 12.5 Å². The molecule has 0 aliphatic carbocycles. The largest absolute Gasteiger partial charge is 0.383 e. The van der Waals surface area contributed by atoms with E-state index in [2.05, 4.69) is 15.6 Å². The number of methoxy groups -OCH3 is 1. The maximum absolute atomic E-state index is 11.3. The highest BCUT2D eigenvalue weighted by Crippen LogP contribution is 1.87. The van der Waals surface area contributed by atoms with Crippen LogP contribution < -0.4 is 11.1 Å². The van der Waals surface area contributed by atoms with Crippen molar-refractivity contribution in [2.45, 2.75) is 19.0 Å². The Morgan fingerprint density at radius 3 is 3.12 bits per heavy atom. The van der Waals surface area contributed by atoms with E-state index < -0.39 is 6.04 Å². The van der Waals surface area contributed by atoms with Crippen molar-refractivity contribution in [1.29, 1.82) is 0 Å². The fourth-order valence-electron chi connectivity index (χ4n) is 1.19. The van der Waals surface area contributed by atoms with Crippen molar-refractivity contribution in [2.24, 2.45) is 5.73 Å². The number of ether oxygens (including phenoxy) is 1. The summed E-state index contributed by atoms with van der Waals surface area (Å²) in [7, 11) is 1.51. The van der Waals surface area contributed by atoms with Crippen molar-refractivity contribution in [3.05, 3.63) is 12.4 Å². The van der Waals surface area contributed by atoms with Gasteiger partial charge in [-0.15, -0.1) is 5.10 Å². The Kier molecular flexibility index (Phi) is 5.44. The molecule has 1 aromatic rings. The van der Waals surface area contributed by atoms with Crippen LogP contribution in [0.3, 0.4) is 0 Å². The number of hydrogen-bond donors (Lipinski definition) is 2. The van der Waals surface area contributed by atoms with Gasteiger partial charge in [-0.2, -0.15) is 0 Å². The zero-order valence-electron chi connectivity index (χ0n) is 9.30. The molecule has 0 aliphatic rings. The van der Waals surface area contributed by atoms with Gasteiger partial charge in [-0.3, -0.25) is 9.48 Å². The van der Waals surface area contributed by atoms with E-state index >= 15 is 0 Å². The third-order valence-electron chi connectivity index (χ3n) is 2.02. The lowest BCUT2D eigenvalue weighted by Crippen LogP contribution is -2.43. The van der Waals surface area contributed by atoms with E-state index in [9.17, 15) is 4.79 Å². The van der Waals surface area contributed by atoms with Crippen LogP contribution in [0.1, 0.15) is 6.42 Å². The molecule has 0 fully saturated rings. The van der Waals surface area contributed by atoms with Gasteiger partial charge in [0.25, 0.3) is 0 Å². The topological polar surface area (TPSA) is 95.1 Å². The molecule has 1 rings (SSSR count). The van der Waals surface area contributed by atoms with Gasteiger partial charge in [0, 0.05) is 26.4 Å². The molecule has 7 heteroatoms. The third kappa shape index (κ3) is 4.37. The number of hydrogen-bond acceptors (Lipinski definition) is 5. The van der Waals surface area contributed by atoms with Crippen LogP contribution in [0.5, 0.6) is 0 Å². The van der Waals surface area contributed by atoms with E-state index in [0.29, 0.717) is 6.54 Å². The molecule has 1 aromatic heterocycles. The number of nitrogens with zero attached hydrogens (tertiary/aromatic N) is 3. The minimum Gasteiger partial charge on any atom is -0.383 e. The standard InChI is InChI=1S/C9H17N5O2/c1-16-7-8(10)9(15)11-3-2-5-14-6-4-12-13-14/h4,6,8H,2-3,5,7,10H2,1H3,(H,11,15). The van der Waals surface area contributed by atoms with Crippen LogP contribution >= 0.6 is 0 Å². The Labute approximate surface area is 93.9 Å². The Morgan fingerprint density at radius 1 is 1.69 bits per heavy atom. The molecule has 1 heterocycles. The summed E-state index contributed by atoms with van der Waals surface area (Å²) < 4.78 is 6.49. The smallest absolute Gasteiger partial charge is 0.239 e. The molecule has 1 unspecified atom stereocenters. The molecule has 0 saturated heterocycles. The number of carbonyl (C=O) groups excluding carboxylic acids is 1. The van der Waals surface area contributed by atoms with Gasteiger partial charge < -0.3 is 15.8 Å². The summed E-state index contributed by atoms with van der Waals surface area (Å²) in [6.45, 7) is 1.52. The Morgan fingerprint density at radius 2 is 2.50 bits per heavy atom. The fourth-order valence-corrected chi connectivity index (χ4v) is 1.19. The number of nitrogens with two attached hydrogens (primary N) is 1. The van der Waals surface area contributed by atoms with Crippen molar-refractivity contribution < 1.29 is 9.53 Å². The monoisotopic (exact) mass is 227 g/mol. The maximum Gasteiger partial charge on any atom is 0.239 e. The normalized spacial score (nSPS) is 12.4. The van der Waals surface area contributed by atoms with E-state index in [1.807, 2.05) is 0 Å². The SMILES string of the molecule is COCC(N)C(=O)NCCCn1ccnn1. The van der Waals surface area contributed by atoms with E-state index in [4.69, 9.17) is 10.5 Å². The Bertz CT molecular complexity index is 301. The van der Waals surface area contributed by atoms with Crippen molar-refractivity contribution in [1.82, 2.24) is 20.3 Å². The number of rotatable bonds is 7. The molecule has 16 heavy (non-hydrogen) atoms. The zero-order valence-corrected chi connectivity index (χ0v) is 9.30. The lowest BCUT2D eigenvalue weighted by Gasteiger charge is -2.10. The zero-order chi connectivity index (χ0) is 11.8. The van der Waals surface area contributed by atoms with Gasteiger partial charge in [0.15, 0.2) is 0 Å². The second-order valence-electron chi connectivity index (χ2n) is 3.37.